The molecule has 0 unspecified atom stereocenters. The summed E-state index contributed by atoms with van der Waals surface area (Å²) in [7, 11) is 0. The zero-order chi connectivity index (χ0) is 18.5. The van der Waals surface area contributed by atoms with Gasteiger partial charge in [-0.2, -0.15) is 0 Å². The standard InChI is InChI=1S/C20H24N4O2/c1-3-10-21-19(25)17-16-9-4-5-11-24(16)18(23-17)20(26)22-13-15-8-6-7-14(2)12-15/h3,6-8,12H,1,4-5,9-11,13H2,2H3,(H,21,25)(H,22,26). The molecular weight excluding hydrogens is 328 g/mol. The summed E-state index contributed by atoms with van der Waals surface area (Å²) in [5.74, 6) is -0.193. The third-order valence-corrected chi connectivity index (χ3v) is 4.48. The van der Waals surface area contributed by atoms with E-state index in [-0.39, 0.29) is 11.8 Å². The van der Waals surface area contributed by atoms with E-state index in [0.29, 0.717) is 31.2 Å². The molecule has 0 radical (unpaired) electrons. The van der Waals surface area contributed by atoms with E-state index in [1.54, 1.807) is 6.08 Å². The number of amides is 2. The number of fused-ring (bicyclic) bond motifs is 1. The molecule has 2 N–H and O–H groups in total. The van der Waals surface area contributed by atoms with Gasteiger partial charge < -0.3 is 15.2 Å². The van der Waals surface area contributed by atoms with Crippen LogP contribution in [0.4, 0.5) is 0 Å². The highest BCUT2D eigenvalue weighted by atomic mass is 16.2. The summed E-state index contributed by atoms with van der Waals surface area (Å²) in [6.45, 7) is 7.14. The van der Waals surface area contributed by atoms with Gasteiger partial charge in [-0.1, -0.05) is 35.9 Å². The van der Waals surface area contributed by atoms with Crippen molar-refractivity contribution in [1.29, 1.82) is 0 Å². The minimum absolute atomic E-state index is 0.252. The maximum atomic E-state index is 12.7. The third-order valence-electron chi connectivity index (χ3n) is 4.48. The Morgan fingerprint density at radius 1 is 1.27 bits per heavy atom. The van der Waals surface area contributed by atoms with E-state index in [1.165, 1.54) is 0 Å². The van der Waals surface area contributed by atoms with Gasteiger partial charge in [-0.15, -0.1) is 6.58 Å². The van der Waals surface area contributed by atoms with Crippen molar-refractivity contribution in [2.45, 2.75) is 39.3 Å². The van der Waals surface area contributed by atoms with Gasteiger partial charge in [0.1, 0.15) is 5.69 Å². The summed E-state index contributed by atoms with van der Waals surface area (Å²) < 4.78 is 1.89. The molecule has 2 amide bonds. The normalized spacial score (nSPS) is 13.0. The molecule has 0 bridgehead atoms. The number of hydrogen-bond acceptors (Lipinski definition) is 3. The van der Waals surface area contributed by atoms with Gasteiger partial charge in [0.2, 0.25) is 0 Å². The number of rotatable bonds is 6. The Kier molecular flexibility index (Phi) is 5.51. The third kappa shape index (κ3) is 3.85. The highest BCUT2D eigenvalue weighted by molar-refractivity contribution is 5.97. The van der Waals surface area contributed by atoms with Crippen LogP contribution in [0, 0.1) is 6.92 Å². The number of benzene rings is 1. The number of carbonyl (C=O) groups excluding carboxylic acids is 2. The molecule has 2 aromatic rings. The zero-order valence-corrected chi connectivity index (χ0v) is 15.0. The molecule has 0 saturated carbocycles. The number of carbonyl (C=O) groups is 2. The fraction of sp³-hybridized carbons (Fsp3) is 0.350. The molecule has 136 valence electrons. The van der Waals surface area contributed by atoms with Crippen LogP contribution in [0.15, 0.2) is 36.9 Å². The quantitative estimate of drug-likeness (QED) is 0.784. The predicted molar refractivity (Wildman–Crippen MR) is 100 cm³/mol. The number of imidazole rings is 1. The molecule has 0 spiro atoms. The molecule has 1 aliphatic heterocycles. The maximum Gasteiger partial charge on any atom is 0.287 e. The molecule has 3 rings (SSSR count). The molecule has 26 heavy (non-hydrogen) atoms. The molecule has 6 nitrogen and oxygen atoms in total. The van der Waals surface area contributed by atoms with Crippen molar-refractivity contribution < 1.29 is 9.59 Å². The van der Waals surface area contributed by atoms with E-state index in [1.807, 2.05) is 35.8 Å². The molecule has 0 fully saturated rings. The summed E-state index contributed by atoms with van der Waals surface area (Å²) >= 11 is 0. The Morgan fingerprint density at radius 3 is 2.88 bits per heavy atom. The molecule has 2 heterocycles. The average Bonchev–Trinajstić information content (AvgIpc) is 3.04. The molecular formula is C20H24N4O2. The molecule has 0 aliphatic carbocycles. The Morgan fingerprint density at radius 2 is 2.12 bits per heavy atom. The van der Waals surface area contributed by atoms with E-state index < -0.39 is 0 Å². The molecule has 0 atom stereocenters. The topological polar surface area (TPSA) is 76.0 Å². The summed E-state index contributed by atoms with van der Waals surface area (Å²) in [6, 6.07) is 8.00. The predicted octanol–water partition coefficient (Wildman–Crippen LogP) is 2.37. The zero-order valence-electron chi connectivity index (χ0n) is 15.0. The number of aryl methyl sites for hydroxylation is 1. The summed E-state index contributed by atoms with van der Waals surface area (Å²) in [5, 5.41) is 5.67. The molecule has 0 saturated heterocycles. The maximum absolute atomic E-state index is 12.7. The first-order valence-corrected chi connectivity index (χ1v) is 8.92. The Balaban J connectivity index is 1.80. The number of aromatic nitrogens is 2. The van der Waals surface area contributed by atoms with Gasteiger partial charge >= 0.3 is 0 Å². The van der Waals surface area contributed by atoms with Crippen LogP contribution in [0.3, 0.4) is 0 Å². The van der Waals surface area contributed by atoms with Crippen molar-refractivity contribution in [1.82, 2.24) is 20.2 Å². The van der Waals surface area contributed by atoms with Crippen LogP contribution in [0.1, 0.15) is 50.8 Å². The van der Waals surface area contributed by atoms with Gasteiger partial charge in [0.15, 0.2) is 5.82 Å². The second kappa shape index (κ2) is 7.99. The second-order valence-electron chi connectivity index (χ2n) is 6.51. The number of nitrogens with zero attached hydrogens (tertiary/aromatic N) is 2. The largest absolute Gasteiger partial charge is 0.347 e. The lowest BCUT2D eigenvalue weighted by atomic mass is 10.1. The van der Waals surface area contributed by atoms with Crippen molar-refractivity contribution in [2.75, 3.05) is 6.54 Å². The van der Waals surface area contributed by atoms with E-state index in [4.69, 9.17) is 0 Å². The molecule has 1 aromatic heterocycles. The number of hydrogen-bond donors (Lipinski definition) is 2. The van der Waals surface area contributed by atoms with E-state index in [0.717, 1.165) is 36.1 Å². The Bertz CT molecular complexity index is 838. The Hall–Kier alpha value is -2.89. The van der Waals surface area contributed by atoms with Crippen LogP contribution >= 0.6 is 0 Å². The van der Waals surface area contributed by atoms with Gasteiger partial charge in [-0.25, -0.2) is 4.98 Å². The summed E-state index contributed by atoms with van der Waals surface area (Å²) in [4.78, 5) is 29.4. The first-order valence-electron chi connectivity index (χ1n) is 8.92. The lowest BCUT2D eigenvalue weighted by Gasteiger charge is -2.17. The van der Waals surface area contributed by atoms with Crippen LogP contribution in [0.2, 0.25) is 0 Å². The first-order chi connectivity index (χ1) is 12.6. The van der Waals surface area contributed by atoms with E-state index in [9.17, 15) is 9.59 Å². The van der Waals surface area contributed by atoms with E-state index in [2.05, 4.69) is 22.2 Å². The smallest absolute Gasteiger partial charge is 0.287 e. The number of nitrogens with one attached hydrogen (secondary N) is 2. The minimum atomic E-state index is -0.256. The van der Waals surface area contributed by atoms with Crippen molar-refractivity contribution in [3.8, 4) is 0 Å². The fourth-order valence-electron chi connectivity index (χ4n) is 3.23. The van der Waals surface area contributed by atoms with Gasteiger partial charge in [-0.05, 0) is 31.7 Å². The van der Waals surface area contributed by atoms with Crippen LogP contribution in [0.25, 0.3) is 0 Å². The second-order valence-corrected chi connectivity index (χ2v) is 6.51. The van der Waals surface area contributed by atoms with Crippen LogP contribution < -0.4 is 10.6 Å². The summed E-state index contributed by atoms with van der Waals surface area (Å²) in [6.07, 6.45) is 4.36. The molecule has 6 heteroatoms. The van der Waals surface area contributed by atoms with Gasteiger partial charge in [0.25, 0.3) is 11.8 Å². The van der Waals surface area contributed by atoms with Gasteiger partial charge in [0.05, 0.1) is 5.69 Å². The fourth-order valence-corrected chi connectivity index (χ4v) is 3.23. The Labute approximate surface area is 153 Å². The summed E-state index contributed by atoms with van der Waals surface area (Å²) in [5.41, 5.74) is 3.38. The first kappa shape index (κ1) is 17.9. The SMILES string of the molecule is C=CCNC(=O)c1nc(C(=O)NCc2cccc(C)c2)n2c1CCCC2. The van der Waals surface area contributed by atoms with Crippen molar-refractivity contribution in [3.63, 3.8) is 0 Å². The van der Waals surface area contributed by atoms with Crippen molar-refractivity contribution in [3.05, 3.63) is 65.3 Å². The minimum Gasteiger partial charge on any atom is -0.347 e. The van der Waals surface area contributed by atoms with Crippen LogP contribution in [-0.2, 0) is 19.5 Å². The highest BCUT2D eigenvalue weighted by Crippen LogP contribution is 2.21. The van der Waals surface area contributed by atoms with Crippen molar-refractivity contribution in [2.24, 2.45) is 0 Å². The average molecular weight is 352 g/mol. The highest BCUT2D eigenvalue weighted by Gasteiger charge is 2.27. The van der Waals surface area contributed by atoms with Crippen molar-refractivity contribution >= 4 is 11.8 Å². The van der Waals surface area contributed by atoms with Gasteiger partial charge in [0, 0.05) is 19.6 Å². The lowest BCUT2D eigenvalue weighted by Crippen LogP contribution is -2.27. The van der Waals surface area contributed by atoms with E-state index >= 15 is 0 Å². The van der Waals surface area contributed by atoms with Gasteiger partial charge in [-0.3, -0.25) is 9.59 Å². The molecule has 1 aliphatic rings. The van der Waals surface area contributed by atoms with Crippen LogP contribution in [0.5, 0.6) is 0 Å². The monoisotopic (exact) mass is 352 g/mol. The lowest BCUT2D eigenvalue weighted by molar-refractivity contribution is 0.0935. The van der Waals surface area contributed by atoms with Crippen LogP contribution in [-0.4, -0.2) is 27.9 Å². The molecule has 1 aromatic carbocycles.